The zero-order chi connectivity index (χ0) is 14.4. The maximum absolute atomic E-state index is 11.9. The molecule has 3 nitrogen and oxygen atoms in total. The molecule has 110 valence electrons. The largest absolute Gasteiger partial charge is 0.372 e. The number of nitrogens with zero attached hydrogens (tertiary/aromatic N) is 1. The smallest absolute Gasteiger partial charge is 0.227 e. The highest BCUT2D eigenvalue weighted by Crippen LogP contribution is 2.22. The lowest BCUT2D eigenvalue weighted by molar-refractivity contribution is -0.119. The zero-order valence-corrected chi connectivity index (χ0v) is 12.7. The van der Waals surface area contributed by atoms with Crippen molar-refractivity contribution in [3.05, 3.63) is 24.3 Å². The third-order valence-corrected chi connectivity index (χ3v) is 4.17. The molecule has 20 heavy (non-hydrogen) atoms. The number of nitrogens with one attached hydrogen (secondary N) is 1. The van der Waals surface area contributed by atoms with Crippen molar-refractivity contribution in [2.24, 2.45) is 5.92 Å². The number of benzene rings is 1. The minimum atomic E-state index is 0.0697. The van der Waals surface area contributed by atoms with Crippen LogP contribution in [0.3, 0.4) is 0 Å². The molecule has 1 aromatic carbocycles. The fourth-order valence-corrected chi connectivity index (χ4v) is 2.54. The Balaban J connectivity index is 1.97. The first-order valence-corrected chi connectivity index (χ1v) is 7.86. The minimum Gasteiger partial charge on any atom is -0.372 e. The highest BCUT2D eigenvalue weighted by molar-refractivity contribution is 5.92. The van der Waals surface area contributed by atoms with E-state index in [-0.39, 0.29) is 11.8 Å². The Morgan fingerprint density at radius 1 is 1.15 bits per heavy atom. The summed E-state index contributed by atoms with van der Waals surface area (Å²) in [4.78, 5) is 14.3. The van der Waals surface area contributed by atoms with Gasteiger partial charge in [-0.2, -0.15) is 0 Å². The minimum absolute atomic E-state index is 0.0697. The fourth-order valence-electron chi connectivity index (χ4n) is 2.54. The molecule has 0 saturated carbocycles. The molecule has 0 radical (unpaired) electrons. The van der Waals surface area contributed by atoms with Crippen molar-refractivity contribution in [2.75, 3.05) is 23.3 Å². The van der Waals surface area contributed by atoms with Crippen molar-refractivity contribution < 1.29 is 4.79 Å². The third-order valence-electron chi connectivity index (χ3n) is 4.17. The van der Waals surface area contributed by atoms with Crippen LogP contribution in [0.4, 0.5) is 11.4 Å². The summed E-state index contributed by atoms with van der Waals surface area (Å²) < 4.78 is 0. The van der Waals surface area contributed by atoms with Gasteiger partial charge in [0.2, 0.25) is 5.91 Å². The van der Waals surface area contributed by atoms with Gasteiger partial charge < -0.3 is 10.2 Å². The highest BCUT2D eigenvalue weighted by Gasteiger charge is 2.12. The van der Waals surface area contributed by atoms with Gasteiger partial charge in [0, 0.05) is 30.4 Å². The standard InChI is InChI=1S/C17H26N2O/c1-3-14(2)17(20)18-15-8-10-16(11-9-15)19-12-6-4-5-7-13-19/h8-11,14H,3-7,12-13H2,1-2H3,(H,18,20). The molecule has 1 N–H and O–H groups in total. The number of carbonyl (C=O) groups excluding carboxylic acids is 1. The summed E-state index contributed by atoms with van der Waals surface area (Å²) in [5, 5.41) is 2.98. The van der Waals surface area contributed by atoms with Crippen LogP contribution in [0.1, 0.15) is 46.0 Å². The lowest BCUT2D eigenvalue weighted by Gasteiger charge is -2.23. The molecule has 1 atom stereocenters. The van der Waals surface area contributed by atoms with Gasteiger partial charge in [-0.15, -0.1) is 0 Å². The summed E-state index contributed by atoms with van der Waals surface area (Å²) in [7, 11) is 0. The van der Waals surface area contributed by atoms with Gasteiger partial charge >= 0.3 is 0 Å². The van der Waals surface area contributed by atoms with Crippen LogP contribution in [0.5, 0.6) is 0 Å². The summed E-state index contributed by atoms with van der Waals surface area (Å²) >= 11 is 0. The maximum Gasteiger partial charge on any atom is 0.227 e. The molecule has 1 amide bonds. The van der Waals surface area contributed by atoms with E-state index in [1.54, 1.807) is 0 Å². The molecule has 1 saturated heterocycles. The van der Waals surface area contributed by atoms with Gasteiger partial charge in [0.05, 0.1) is 0 Å². The van der Waals surface area contributed by atoms with Gasteiger partial charge in [0.1, 0.15) is 0 Å². The fraction of sp³-hybridized carbons (Fsp3) is 0.588. The summed E-state index contributed by atoms with van der Waals surface area (Å²) in [5.41, 5.74) is 2.17. The second-order valence-corrected chi connectivity index (χ2v) is 5.75. The Morgan fingerprint density at radius 2 is 1.75 bits per heavy atom. The molecule has 1 aliphatic rings. The summed E-state index contributed by atoms with van der Waals surface area (Å²) in [6, 6.07) is 8.27. The number of carbonyl (C=O) groups is 1. The maximum atomic E-state index is 11.9. The van der Waals surface area contributed by atoms with Crippen LogP contribution in [0.15, 0.2) is 24.3 Å². The van der Waals surface area contributed by atoms with Gasteiger partial charge in [0.15, 0.2) is 0 Å². The van der Waals surface area contributed by atoms with Crippen molar-refractivity contribution in [2.45, 2.75) is 46.0 Å². The van der Waals surface area contributed by atoms with Crippen LogP contribution >= 0.6 is 0 Å². The van der Waals surface area contributed by atoms with Crippen molar-refractivity contribution >= 4 is 17.3 Å². The predicted molar refractivity (Wildman–Crippen MR) is 85.2 cm³/mol. The van der Waals surface area contributed by atoms with Crippen LogP contribution in [-0.4, -0.2) is 19.0 Å². The Hall–Kier alpha value is -1.51. The number of amides is 1. The lowest BCUT2D eigenvalue weighted by atomic mass is 10.1. The van der Waals surface area contributed by atoms with Crippen LogP contribution in [0.25, 0.3) is 0 Å². The Morgan fingerprint density at radius 3 is 2.30 bits per heavy atom. The first-order chi connectivity index (χ1) is 9.70. The van der Waals surface area contributed by atoms with Crippen LogP contribution in [0, 0.1) is 5.92 Å². The van der Waals surface area contributed by atoms with Crippen molar-refractivity contribution in [1.82, 2.24) is 0 Å². The summed E-state index contributed by atoms with van der Waals surface area (Å²) in [6.07, 6.45) is 6.13. The molecule has 1 aliphatic heterocycles. The second kappa shape index (κ2) is 7.32. The van der Waals surface area contributed by atoms with Crippen LogP contribution in [-0.2, 0) is 4.79 Å². The van der Waals surface area contributed by atoms with E-state index in [0.29, 0.717) is 0 Å². The Bertz CT molecular complexity index is 419. The van der Waals surface area contributed by atoms with E-state index >= 15 is 0 Å². The quantitative estimate of drug-likeness (QED) is 0.898. The summed E-state index contributed by atoms with van der Waals surface area (Å²) in [5.74, 6) is 0.176. The second-order valence-electron chi connectivity index (χ2n) is 5.75. The van der Waals surface area contributed by atoms with Crippen LogP contribution in [0.2, 0.25) is 0 Å². The molecule has 3 heteroatoms. The number of rotatable bonds is 4. The monoisotopic (exact) mass is 274 g/mol. The molecule has 0 spiro atoms. The van der Waals surface area contributed by atoms with Crippen LogP contribution < -0.4 is 10.2 Å². The molecule has 1 heterocycles. The molecule has 0 aromatic heterocycles. The number of hydrogen-bond donors (Lipinski definition) is 1. The van der Waals surface area contributed by atoms with Gasteiger partial charge in [-0.1, -0.05) is 26.7 Å². The van der Waals surface area contributed by atoms with E-state index in [1.807, 2.05) is 26.0 Å². The van der Waals surface area contributed by atoms with Gasteiger partial charge in [-0.25, -0.2) is 0 Å². The number of anilines is 2. The molecule has 0 aliphatic carbocycles. The Labute approximate surface area is 122 Å². The van der Waals surface area contributed by atoms with Gasteiger partial charge in [0.25, 0.3) is 0 Å². The van der Waals surface area contributed by atoms with E-state index in [1.165, 1.54) is 31.4 Å². The first kappa shape index (κ1) is 14.9. The molecular weight excluding hydrogens is 248 g/mol. The molecule has 0 bridgehead atoms. The average Bonchev–Trinajstić information content (AvgIpc) is 2.76. The van der Waals surface area contributed by atoms with E-state index in [0.717, 1.165) is 25.2 Å². The van der Waals surface area contributed by atoms with Crippen molar-refractivity contribution in [1.29, 1.82) is 0 Å². The summed E-state index contributed by atoms with van der Waals surface area (Å²) in [6.45, 7) is 6.30. The molecule has 1 aromatic rings. The lowest BCUT2D eigenvalue weighted by Crippen LogP contribution is -2.24. The predicted octanol–water partition coefficient (Wildman–Crippen LogP) is 4.05. The van der Waals surface area contributed by atoms with Crippen molar-refractivity contribution in [3.63, 3.8) is 0 Å². The molecular formula is C17H26N2O. The van der Waals surface area contributed by atoms with Gasteiger partial charge in [-0.3, -0.25) is 4.79 Å². The Kier molecular flexibility index (Phi) is 5.45. The van der Waals surface area contributed by atoms with Gasteiger partial charge in [-0.05, 0) is 43.5 Å². The van der Waals surface area contributed by atoms with E-state index in [9.17, 15) is 4.79 Å². The third kappa shape index (κ3) is 3.99. The molecule has 2 rings (SSSR count). The topological polar surface area (TPSA) is 32.3 Å². The van der Waals surface area contributed by atoms with E-state index in [4.69, 9.17) is 0 Å². The highest BCUT2D eigenvalue weighted by atomic mass is 16.1. The molecule has 1 fully saturated rings. The van der Waals surface area contributed by atoms with E-state index in [2.05, 4.69) is 22.3 Å². The van der Waals surface area contributed by atoms with E-state index < -0.39 is 0 Å². The van der Waals surface area contributed by atoms with Crippen molar-refractivity contribution in [3.8, 4) is 0 Å². The first-order valence-electron chi connectivity index (χ1n) is 7.86. The number of hydrogen-bond acceptors (Lipinski definition) is 2. The SMILES string of the molecule is CCC(C)C(=O)Nc1ccc(N2CCCCCC2)cc1. The average molecular weight is 274 g/mol. The zero-order valence-electron chi connectivity index (χ0n) is 12.7. The molecule has 1 unspecified atom stereocenters. The normalized spacial score (nSPS) is 17.4.